The van der Waals surface area contributed by atoms with E-state index in [1.54, 1.807) is 25.1 Å². The molecule has 0 spiro atoms. The Morgan fingerprint density at radius 3 is 2.61 bits per heavy atom. The lowest BCUT2D eigenvalue weighted by Crippen LogP contribution is -2.37. The number of anilines is 2. The number of aromatic nitrogens is 1. The maximum absolute atomic E-state index is 12.9. The molecule has 1 aromatic carbocycles. The summed E-state index contributed by atoms with van der Waals surface area (Å²) in [4.78, 5) is 29.2. The average molecular weight is 443 g/mol. The first kappa shape index (κ1) is 21.9. The van der Waals surface area contributed by atoms with E-state index < -0.39 is 17.9 Å². The van der Waals surface area contributed by atoms with Crippen LogP contribution in [0.1, 0.15) is 22.3 Å². The molecule has 0 aliphatic rings. The number of benzene rings is 1. The minimum absolute atomic E-state index is 0.0950. The number of carbonyl (C=O) groups is 2. The van der Waals surface area contributed by atoms with Gasteiger partial charge in [-0.05, 0) is 36.8 Å². The largest absolute Gasteiger partial charge is 0.357 e. The first-order valence-electron chi connectivity index (χ1n) is 8.16. The Bertz CT molecular complexity index is 920. The highest BCUT2D eigenvalue weighted by Gasteiger charge is 2.24. The van der Waals surface area contributed by atoms with Gasteiger partial charge in [-0.15, -0.1) is 0 Å². The molecule has 1 aromatic heterocycles. The molecule has 1 atom stereocenters. The van der Waals surface area contributed by atoms with Crippen molar-refractivity contribution in [2.45, 2.75) is 19.4 Å². The summed E-state index contributed by atoms with van der Waals surface area (Å²) in [5.41, 5.74) is 1.14. The molecule has 10 heteroatoms. The molecule has 2 aromatic rings. The molecule has 0 radical (unpaired) electrons. The summed E-state index contributed by atoms with van der Waals surface area (Å²) >= 11 is 17.8. The van der Waals surface area contributed by atoms with E-state index in [0.717, 1.165) is 0 Å². The van der Waals surface area contributed by atoms with Gasteiger partial charge < -0.3 is 16.0 Å². The second kappa shape index (κ2) is 9.73. The molecule has 2 rings (SSSR count). The van der Waals surface area contributed by atoms with E-state index in [4.69, 9.17) is 40.2 Å². The van der Waals surface area contributed by atoms with Crippen LogP contribution in [0.25, 0.3) is 0 Å². The molecule has 0 fully saturated rings. The summed E-state index contributed by atoms with van der Waals surface area (Å²) in [7, 11) is 1.48. The number of aryl methyl sites for hydroxylation is 1. The normalized spacial score (nSPS) is 11.5. The molecule has 148 valence electrons. The molecule has 0 bridgehead atoms. The Morgan fingerprint density at radius 2 is 2.00 bits per heavy atom. The summed E-state index contributed by atoms with van der Waals surface area (Å²) in [6, 6.07) is 5.42. The van der Waals surface area contributed by atoms with Gasteiger partial charge in [0.1, 0.15) is 11.9 Å². The van der Waals surface area contributed by atoms with Crippen LogP contribution in [0.2, 0.25) is 10.0 Å². The smallest absolute Gasteiger partial charge is 0.253 e. The molecule has 0 saturated carbocycles. The molecule has 0 aliphatic carbocycles. The van der Waals surface area contributed by atoms with Gasteiger partial charge in [0, 0.05) is 24.7 Å². The molecule has 0 saturated heterocycles. The molecular formula is C18H18Cl3N5O2. The fraction of sp³-hybridized carbons (Fsp3) is 0.222. The molecule has 28 heavy (non-hydrogen) atoms. The predicted molar refractivity (Wildman–Crippen MR) is 113 cm³/mol. The Balaban J connectivity index is 2.35. The maximum atomic E-state index is 12.9. The standard InChI is InChI=1S/C18H18Cl3N5O2/c1-9-6-10(19)7-11(17(27)23-2)15(9)26-18(28)13(8-14(21)22)25-16-12(20)4-3-5-24-16/h3-7,13,22H,8H2,1-2H3,(H,23,27)(H,24,25)(H,26,28). The lowest BCUT2D eigenvalue weighted by Gasteiger charge is -2.21. The van der Waals surface area contributed by atoms with Crippen molar-refractivity contribution in [3.8, 4) is 0 Å². The summed E-state index contributed by atoms with van der Waals surface area (Å²) < 4.78 is 0. The minimum atomic E-state index is -0.940. The van der Waals surface area contributed by atoms with Crippen LogP contribution in [0.4, 0.5) is 11.5 Å². The Morgan fingerprint density at radius 1 is 1.29 bits per heavy atom. The van der Waals surface area contributed by atoms with Crippen LogP contribution in [0, 0.1) is 12.3 Å². The molecule has 7 nitrogen and oxygen atoms in total. The highest BCUT2D eigenvalue weighted by Crippen LogP contribution is 2.27. The maximum Gasteiger partial charge on any atom is 0.253 e. The second-order valence-electron chi connectivity index (χ2n) is 5.85. The van der Waals surface area contributed by atoms with Crippen LogP contribution in [0.5, 0.6) is 0 Å². The Kier molecular flexibility index (Phi) is 7.62. The highest BCUT2D eigenvalue weighted by atomic mass is 35.5. The fourth-order valence-corrected chi connectivity index (χ4v) is 3.08. The van der Waals surface area contributed by atoms with Gasteiger partial charge in [0.25, 0.3) is 5.91 Å². The van der Waals surface area contributed by atoms with Gasteiger partial charge in [-0.25, -0.2) is 4.98 Å². The number of hydrogen-bond donors (Lipinski definition) is 4. The van der Waals surface area contributed by atoms with Crippen molar-refractivity contribution >= 4 is 63.3 Å². The molecule has 1 unspecified atom stereocenters. The van der Waals surface area contributed by atoms with Crippen LogP contribution >= 0.6 is 34.8 Å². The van der Waals surface area contributed by atoms with Gasteiger partial charge in [-0.1, -0.05) is 34.8 Å². The first-order valence-corrected chi connectivity index (χ1v) is 9.29. The topological polar surface area (TPSA) is 107 Å². The third-order valence-corrected chi connectivity index (χ3v) is 4.47. The van der Waals surface area contributed by atoms with Crippen LogP contribution in [-0.2, 0) is 4.79 Å². The van der Waals surface area contributed by atoms with Crippen molar-refractivity contribution in [3.05, 3.63) is 51.6 Å². The Hall–Kier alpha value is -2.35. The third kappa shape index (κ3) is 5.58. The summed E-state index contributed by atoms with van der Waals surface area (Å²) in [5, 5.41) is 16.1. The van der Waals surface area contributed by atoms with E-state index in [-0.39, 0.29) is 23.0 Å². The van der Waals surface area contributed by atoms with Crippen molar-refractivity contribution in [1.29, 1.82) is 5.41 Å². The molecular weight excluding hydrogens is 425 g/mol. The van der Waals surface area contributed by atoms with Gasteiger partial charge in [-0.2, -0.15) is 0 Å². The zero-order valence-corrected chi connectivity index (χ0v) is 17.3. The van der Waals surface area contributed by atoms with Crippen molar-refractivity contribution in [2.75, 3.05) is 17.7 Å². The van der Waals surface area contributed by atoms with Gasteiger partial charge in [0.15, 0.2) is 0 Å². The van der Waals surface area contributed by atoms with Gasteiger partial charge in [-0.3, -0.25) is 15.0 Å². The van der Waals surface area contributed by atoms with E-state index >= 15 is 0 Å². The summed E-state index contributed by atoms with van der Waals surface area (Å²) in [5.74, 6) is -0.632. The SMILES string of the molecule is CNC(=O)c1cc(Cl)cc(C)c1NC(=O)C(CC(=N)Cl)Nc1ncccc1Cl. The van der Waals surface area contributed by atoms with E-state index in [9.17, 15) is 9.59 Å². The average Bonchev–Trinajstić information content (AvgIpc) is 2.63. The molecule has 0 aliphatic heterocycles. The zero-order valence-electron chi connectivity index (χ0n) is 15.1. The van der Waals surface area contributed by atoms with Crippen molar-refractivity contribution < 1.29 is 9.59 Å². The molecule has 1 heterocycles. The van der Waals surface area contributed by atoms with Crippen molar-refractivity contribution in [1.82, 2.24) is 10.3 Å². The van der Waals surface area contributed by atoms with Crippen LogP contribution in [0.3, 0.4) is 0 Å². The van der Waals surface area contributed by atoms with E-state index in [1.807, 2.05) is 0 Å². The monoisotopic (exact) mass is 441 g/mol. The number of nitrogens with one attached hydrogen (secondary N) is 4. The second-order valence-corrected chi connectivity index (χ2v) is 7.15. The quantitative estimate of drug-likeness (QED) is 0.485. The lowest BCUT2D eigenvalue weighted by molar-refractivity contribution is -0.116. The number of amides is 2. The van der Waals surface area contributed by atoms with Crippen LogP contribution in [-0.4, -0.2) is 35.1 Å². The minimum Gasteiger partial charge on any atom is -0.357 e. The number of halogens is 3. The number of hydrogen-bond acceptors (Lipinski definition) is 5. The van der Waals surface area contributed by atoms with Crippen LogP contribution < -0.4 is 16.0 Å². The third-order valence-electron chi connectivity index (χ3n) is 3.79. The van der Waals surface area contributed by atoms with Crippen molar-refractivity contribution in [3.63, 3.8) is 0 Å². The molecule has 4 N–H and O–H groups in total. The first-order chi connectivity index (χ1) is 13.2. The lowest BCUT2D eigenvalue weighted by atomic mass is 10.1. The van der Waals surface area contributed by atoms with Gasteiger partial charge in [0.2, 0.25) is 5.91 Å². The number of pyridine rings is 1. The predicted octanol–water partition coefficient (Wildman–Crippen LogP) is 4.08. The number of nitrogens with zero attached hydrogens (tertiary/aromatic N) is 1. The van der Waals surface area contributed by atoms with E-state index in [0.29, 0.717) is 21.3 Å². The van der Waals surface area contributed by atoms with Crippen molar-refractivity contribution in [2.24, 2.45) is 0 Å². The molecule has 2 amide bonds. The Labute approximate surface area is 177 Å². The highest BCUT2D eigenvalue weighted by molar-refractivity contribution is 6.64. The van der Waals surface area contributed by atoms with E-state index in [1.165, 1.54) is 19.3 Å². The summed E-state index contributed by atoms with van der Waals surface area (Å²) in [6.07, 6.45) is 1.42. The number of carbonyl (C=O) groups excluding carboxylic acids is 2. The fourth-order valence-electron chi connectivity index (χ4n) is 2.48. The summed E-state index contributed by atoms with van der Waals surface area (Å²) in [6.45, 7) is 1.72. The van der Waals surface area contributed by atoms with Gasteiger partial charge >= 0.3 is 0 Å². The zero-order chi connectivity index (χ0) is 20.8. The van der Waals surface area contributed by atoms with Crippen LogP contribution in [0.15, 0.2) is 30.5 Å². The number of rotatable bonds is 7. The van der Waals surface area contributed by atoms with Gasteiger partial charge in [0.05, 0.1) is 21.4 Å². The van der Waals surface area contributed by atoms with E-state index in [2.05, 4.69) is 20.9 Å².